The summed E-state index contributed by atoms with van der Waals surface area (Å²) in [4.78, 5) is 15.9. The van der Waals surface area contributed by atoms with Gasteiger partial charge in [0.25, 0.3) is 0 Å². The van der Waals surface area contributed by atoms with Gasteiger partial charge in [-0.15, -0.1) is 0 Å². The molecule has 2 aromatic rings. The van der Waals surface area contributed by atoms with Gasteiger partial charge in [0.1, 0.15) is 10.7 Å². The molecule has 0 spiro atoms. The number of hydrogen-bond acceptors (Lipinski definition) is 5. The molecule has 0 amide bonds. The lowest BCUT2D eigenvalue weighted by atomic mass is 9.98. The van der Waals surface area contributed by atoms with Gasteiger partial charge in [0.15, 0.2) is 0 Å². The predicted molar refractivity (Wildman–Crippen MR) is 101 cm³/mol. The second-order valence-corrected chi connectivity index (χ2v) is 8.65. The average molecular weight is 406 g/mol. The SMILES string of the molecule is O=C(OCCCc1cccnc1)C1CCN(S(=O)(=O)c2ccccc2F)CC1. The maximum atomic E-state index is 13.9. The van der Waals surface area contributed by atoms with Crippen LogP contribution in [0.4, 0.5) is 4.39 Å². The number of sulfonamides is 1. The fraction of sp³-hybridized carbons (Fsp3) is 0.400. The first-order valence-electron chi connectivity index (χ1n) is 9.28. The van der Waals surface area contributed by atoms with Crippen molar-refractivity contribution >= 4 is 16.0 Å². The van der Waals surface area contributed by atoms with Crippen molar-refractivity contribution in [3.05, 3.63) is 60.2 Å². The Morgan fingerprint density at radius 2 is 1.93 bits per heavy atom. The van der Waals surface area contributed by atoms with Gasteiger partial charge >= 0.3 is 5.97 Å². The first kappa shape index (κ1) is 20.4. The molecule has 0 atom stereocenters. The number of pyridine rings is 1. The second kappa shape index (κ2) is 9.25. The molecule has 1 aliphatic heterocycles. The lowest BCUT2D eigenvalue weighted by molar-refractivity contribution is -0.149. The maximum absolute atomic E-state index is 13.9. The number of esters is 1. The van der Waals surface area contributed by atoms with Crippen LogP contribution in [-0.2, 0) is 26.0 Å². The minimum absolute atomic E-state index is 0.173. The van der Waals surface area contributed by atoms with Crippen molar-refractivity contribution in [2.24, 2.45) is 5.92 Å². The topological polar surface area (TPSA) is 76.6 Å². The summed E-state index contributed by atoms with van der Waals surface area (Å²) in [5.74, 6) is -1.39. The quantitative estimate of drug-likeness (QED) is 0.522. The summed E-state index contributed by atoms with van der Waals surface area (Å²) in [5.41, 5.74) is 1.09. The van der Waals surface area contributed by atoms with Crippen LogP contribution in [0.15, 0.2) is 53.7 Å². The molecule has 1 aromatic heterocycles. The number of carbonyl (C=O) groups is 1. The van der Waals surface area contributed by atoms with E-state index in [9.17, 15) is 17.6 Å². The number of halogens is 1. The Morgan fingerprint density at radius 3 is 2.61 bits per heavy atom. The fourth-order valence-corrected chi connectivity index (χ4v) is 4.77. The zero-order valence-electron chi connectivity index (χ0n) is 15.5. The molecule has 1 aliphatic rings. The van der Waals surface area contributed by atoms with Crippen molar-refractivity contribution in [1.82, 2.24) is 9.29 Å². The van der Waals surface area contributed by atoms with Gasteiger partial charge in [0, 0.05) is 25.5 Å². The Kier molecular flexibility index (Phi) is 6.74. The Morgan fingerprint density at radius 1 is 1.18 bits per heavy atom. The number of benzene rings is 1. The van der Waals surface area contributed by atoms with E-state index in [0.717, 1.165) is 18.1 Å². The van der Waals surface area contributed by atoms with Gasteiger partial charge in [-0.25, -0.2) is 12.8 Å². The van der Waals surface area contributed by atoms with Crippen LogP contribution in [0.3, 0.4) is 0 Å². The van der Waals surface area contributed by atoms with Crippen molar-refractivity contribution in [3.8, 4) is 0 Å². The van der Waals surface area contributed by atoms with Gasteiger partial charge in [-0.3, -0.25) is 9.78 Å². The predicted octanol–water partition coefficient (Wildman–Crippen LogP) is 2.80. The van der Waals surface area contributed by atoms with Crippen molar-refractivity contribution in [3.63, 3.8) is 0 Å². The molecule has 0 bridgehead atoms. The lowest BCUT2D eigenvalue weighted by Gasteiger charge is -2.30. The maximum Gasteiger partial charge on any atom is 0.309 e. The van der Waals surface area contributed by atoms with Crippen molar-refractivity contribution in [2.45, 2.75) is 30.6 Å². The highest BCUT2D eigenvalue weighted by Crippen LogP contribution is 2.26. The molecule has 6 nitrogen and oxygen atoms in total. The third-order valence-electron chi connectivity index (χ3n) is 4.82. The minimum atomic E-state index is -3.89. The van der Waals surface area contributed by atoms with Crippen molar-refractivity contribution in [2.75, 3.05) is 19.7 Å². The normalized spacial score (nSPS) is 16.0. The van der Waals surface area contributed by atoms with E-state index in [2.05, 4.69) is 4.98 Å². The smallest absolute Gasteiger partial charge is 0.309 e. The number of aryl methyl sites for hydroxylation is 1. The molecule has 1 aromatic carbocycles. The average Bonchev–Trinajstić information content (AvgIpc) is 2.72. The van der Waals surface area contributed by atoms with E-state index < -0.39 is 15.8 Å². The Bertz CT molecular complexity index is 897. The van der Waals surface area contributed by atoms with Crippen LogP contribution in [0.1, 0.15) is 24.8 Å². The monoisotopic (exact) mass is 406 g/mol. The molecule has 0 aliphatic carbocycles. The zero-order chi connectivity index (χ0) is 20.0. The van der Waals surface area contributed by atoms with Gasteiger partial charge in [-0.1, -0.05) is 18.2 Å². The standard InChI is InChI=1S/C20H23FN2O4S/c21-18-7-1-2-8-19(18)28(25,26)23-12-9-17(10-13-23)20(24)27-14-4-6-16-5-3-11-22-15-16/h1-3,5,7-8,11,15,17H,4,6,9-10,12-14H2. The highest BCUT2D eigenvalue weighted by Gasteiger charge is 2.33. The molecule has 2 heterocycles. The molecule has 8 heteroatoms. The van der Waals surface area contributed by atoms with E-state index >= 15 is 0 Å². The van der Waals surface area contributed by atoms with Crippen LogP contribution in [0.5, 0.6) is 0 Å². The van der Waals surface area contributed by atoms with Crippen LogP contribution < -0.4 is 0 Å². The third kappa shape index (κ3) is 4.94. The summed E-state index contributed by atoms with van der Waals surface area (Å²) in [5, 5.41) is 0. The number of ether oxygens (including phenoxy) is 1. The lowest BCUT2D eigenvalue weighted by Crippen LogP contribution is -2.40. The highest BCUT2D eigenvalue weighted by molar-refractivity contribution is 7.89. The van der Waals surface area contributed by atoms with Crippen LogP contribution in [0.2, 0.25) is 0 Å². The highest BCUT2D eigenvalue weighted by atomic mass is 32.2. The Hall–Kier alpha value is -2.32. The molecular formula is C20H23FN2O4S. The number of aromatic nitrogens is 1. The summed E-state index contributed by atoms with van der Waals surface area (Å²) in [6.07, 6.45) is 5.72. The molecule has 150 valence electrons. The summed E-state index contributed by atoms with van der Waals surface area (Å²) < 4.78 is 45.6. The molecule has 0 unspecified atom stereocenters. The van der Waals surface area contributed by atoms with Gasteiger partial charge in [0.2, 0.25) is 10.0 Å². The molecule has 1 fully saturated rings. The van der Waals surface area contributed by atoms with Crippen molar-refractivity contribution in [1.29, 1.82) is 0 Å². The number of piperidine rings is 1. The van der Waals surface area contributed by atoms with Crippen LogP contribution >= 0.6 is 0 Å². The molecule has 1 saturated heterocycles. The summed E-state index contributed by atoms with van der Waals surface area (Å²) in [7, 11) is -3.89. The van der Waals surface area contributed by atoms with E-state index in [1.54, 1.807) is 12.4 Å². The molecule has 3 rings (SSSR count). The van der Waals surface area contributed by atoms with Crippen LogP contribution in [0.25, 0.3) is 0 Å². The number of nitrogens with zero attached hydrogens (tertiary/aromatic N) is 2. The fourth-order valence-electron chi connectivity index (χ4n) is 3.24. The largest absolute Gasteiger partial charge is 0.465 e. The number of carbonyl (C=O) groups excluding carboxylic acids is 1. The summed E-state index contributed by atoms with van der Waals surface area (Å²) >= 11 is 0. The zero-order valence-corrected chi connectivity index (χ0v) is 16.3. The van der Waals surface area contributed by atoms with Crippen molar-refractivity contribution < 1.29 is 22.3 Å². The number of rotatable bonds is 7. The van der Waals surface area contributed by atoms with E-state index in [1.807, 2.05) is 12.1 Å². The second-order valence-electron chi connectivity index (χ2n) is 6.74. The number of hydrogen-bond donors (Lipinski definition) is 0. The summed E-state index contributed by atoms with van der Waals surface area (Å²) in [6, 6.07) is 9.16. The Balaban J connectivity index is 1.45. The molecule has 0 saturated carbocycles. The van der Waals surface area contributed by atoms with E-state index in [0.29, 0.717) is 25.9 Å². The molecular weight excluding hydrogens is 383 g/mol. The van der Waals surface area contributed by atoms with E-state index in [4.69, 9.17) is 4.74 Å². The first-order valence-corrected chi connectivity index (χ1v) is 10.7. The first-order chi connectivity index (χ1) is 13.5. The van der Waals surface area contributed by atoms with Gasteiger partial charge in [-0.2, -0.15) is 4.31 Å². The molecule has 0 N–H and O–H groups in total. The van der Waals surface area contributed by atoms with E-state index in [1.165, 1.54) is 22.5 Å². The van der Waals surface area contributed by atoms with E-state index in [-0.39, 0.29) is 29.9 Å². The third-order valence-corrected chi connectivity index (χ3v) is 6.75. The van der Waals surface area contributed by atoms with Gasteiger partial charge in [-0.05, 0) is 49.4 Å². The van der Waals surface area contributed by atoms with Gasteiger partial charge < -0.3 is 4.74 Å². The van der Waals surface area contributed by atoms with Crippen LogP contribution in [0, 0.1) is 11.7 Å². The Labute approximate surface area is 164 Å². The van der Waals surface area contributed by atoms with Crippen LogP contribution in [-0.4, -0.2) is 43.4 Å². The minimum Gasteiger partial charge on any atom is -0.465 e. The molecule has 0 radical (unpaired) electrons. The molecule has 28 heavy (non-hydrogen) atoms. The van der Waals surface area contributed by atoms with Gasteiger partial charge in [0.05, 0.1) is 12.5 Å². The summed E-state index contributed by atoms with van der Waals surface area (Å²) in [6.45, 7) is 0.666.